The van der Waals surface area contributed by atoms with Crippen LogP contribution in [-0.2, 0) is 6.54 Å². The van der Waals surface area contributed by atoms with Crippen LogP contribution in [0.2, 0.25) is 0 Å². The third-order valence-corrected chi connectivity index (χ3v) is 4.55. The van der Waals surface area contributed by atoms with E-state index in [0.717, 1.165) is 19.5 Å². The highest BCUT2D eigenvalue weighted by Crippen LogP contribution is 2.27. The fourth-order valence-corrected chi connectivity index (χ4v) is 3.49. The van der Waals surface area contributed by atoms with Gasteiger partial charge in [-0.05, 0) is 49.7 Å². The van der Waals surface area contributed by atoms with Crippen molar-refractivity contribution in [3.63, 3.8) is 0 Å². The molecule has 1 N–H and O–H groups in total. The lowest BCUT2D eigenvalue weighted by atomic mass is 10.1. The third-order valence-electron chi connectivity index (χ3n) is 3.55. The van der Waals surface area contributed by atoms with Gasteiger partial charge in [0.05, 0.1) is 6.10 Å². The number of hydrogen-bond acceptors (Lipinski definition) is 3. The van der Waals surface area contributed by atoms with Gasteiger partial charge in [-0.15, -0.1) is 11.3 Å². The smallest absolute Gasteiger partial charge is 0.0580 e. The highest BCUT2D eigenvalue weighted by molar-refractivity contribution is 7.10. The second-order valence-corrected chi connectivity index (χ2v) is 5.98. The summed E-state index contributed by atoms with van der Waals surface area (Å²) in [6.07, 6.45) is 3.32. The van der Waals surface area contributed by atoms with Crippen LogP contribution in [0.4, 0.5) is 0 Å². The second-order valence-electron chi connectivity index (χ2n) is 4.98. The topological polar surface area (TPSA) is 23.5 Å². The summed E-state index contributed by atoms with van der Waals surface area (Å²) >= 11 is 1.83. The van der Waals surface area contributed by atoms with E-state index in [1.165, 1.54) is 23.3 Å². The molecule has 0 aliphatic heterocycles. The first-order valence-corrected chi connectivity index (χ1v) is 6.94. The van der Waals surface area contributed by atoms with Crippen LogP contribution in [0.15, 0.2) is 11.4 Å². The molecule has 0 amide bonds. The third kappa shape index (κ3) is 2.84. The maximum Gasteiger partial charge on any atom is 0.0580 e. The van der Waals surface area contributed by atoms with Gasteiger partial charge in [0.15, 0.2) is 0 Å². The van der Waals surface area contributed by atoms with Gasteiger partial charge in [0.1, 0.15) is 0 Å². The minimum atomic E-state index is -0.0631. The van der Waals surface area contributed by atoms with Crippen molar-refractivity contribution in [2.45, 2.75) is 38.8 Å². The van der Waals surface area contributed by atoms with Gasteiger partial charge in [-0.2, -0.15) is 0 Å². The van der Waals surface area contributed by atoms with Crippen LogP contribution < -0.4 is 0 Å². The predicted octanol–water partition coefficient (Wildman–Crippen LogP) is 2.65. The molecule has 0 aromatic carbocycles. The molecule has 1 aromatic rings. The van der Waals surface area contributed by atoms with Crippen LogP contribution in [0.3, 0.4) is 0 Å². The average molecular weight is 239 g/mol. The quantitative estimate of drug-likeness (QED) is 0.873. The average Bonchev–Trinajstić information content (AvgIpc) is 2.79. The van der Waals surface area contributed by atoms with Gasteiger partial charge in [0.2, 0.25) is 0 Å². The maximum absolute atomic E-state index is 9.79. The van der Waals surface area contributed by atoms with Gasteiger partial charge in [0, 0.05) is 18.0 Å². The highest BCUT2D eigenvalue weighted by Gasteiger charge is 2.26. The van der Waals surface area contributed by atoms with Crippen molar-refractivity contribution >= 4 is 11.3 Å². The number of hydrogen-bond donors (Lipinski definition) is 1. The van der Waals surface area contributed by atoms with E-state index in [9.17, 15) is 5.11 Å². The molecule has 0 spiro atoms. The van der Waals surface area contributed by atoms with Crippen molar-refractivity contribution in [3.8, 4) is 0 Å². The van der Waals surface area contributed by atoms with Crippen LogP contribution in [0, 0.1) is 12.8 Å². The van der Waals surface area contributed by atoms with Crippen molar-refractivity contribution in [1.82, 2.24) is 4.90 Å². The van der Waals surface area contributed by atoms with Gasteiger partial charge < -0.3 is 10.0 Å². The summed E-state index contributed by atoms with van der Waals surface area (Å²) in [5.41, 5.74) is 1.39. The van der Waals surface area contributed by atoms with E-state index in [0.29, 0.717) is 5.92 Å². The highest BCUT2D eigenvalue weighted by atomic mass is 32.1. The van der Waals surface area contributed by atoms with E-state index in [1.54, 1.807) is 0 Å². The Morgan fingerprint density at radius 3 is 2.88 bits per heavy atom. The van der Waals surface area contributed by atoms with Crippen LogP contribution in [0.5, 0.6) is 0 Å². The Morgan fingerprint density at radius 1 is 1.50 bits per heavy atom. The lowest BCUT2D eigenvalue weighted by Crippen LogP contribution is -2.29. The maximum atomic E-state index is 9.79. The summed E-state index contributed by atoms with van der Waals surface area (Å²) in [7, 11) is 2.16. The van der Waals surface area contributed by atoms with E-state index in [1.807, 2.05) is 11.3 Å². The molecule has 2 atom stereocenters. The van der Waals surface area contributed by atoms with E-state index in [-0.39, 0.29) is 6.10 Å². The largest absolute Gasteiger partial charge is 0.393 e. The Labute approximate surface area is 102 Å². The Hall–Kier alpha value is -0.380. The van der Waals surface area contributed by atoms with Gasteiger partial charge >= 0.3 is 0 Å². The number of aliphatic hydroxyl groups excluding tert-OH is 1. The van der Waals surface area contributed by atoms with Crippen LogP contribution in [0.1, 0.15) is 29.7 Å². The Kier molecular flexibility index (Phi) is 4.00. The van der Waals surface area contributed by atoms with Crippen molar-refractivity contribution in [2.24, 2.45) is 5.92 Å². The van der Waals surface area contributed by atoms with E-state index in [2.05, 4.69) is 30.3 Å². The fourth-order valence-electron chi connectivity index (χ4n) is 2.51. The summed E-state index contributed by atoms with van der Waals surface area (Å²) in [6.45, 7) is 4.22. The van der Waals surface area contributed by atoms with Gasteiger partial charge in [0.25, 0.3) is 0 Å². The van der Waals surface area contributed by atoms with Crippen molar-refractivity contribution in [1.29, 1.82) is 0 Å². The van der Waals surface area contributed by atoms with E-state index in [4.69, 9.17) is 0 Å². The molecule has 1 fully saturated rings. The molecule has 2 unspecified atom stereocenters. The number of rotatable bonds is 4. The summed E-state index contributed by atoms with van der Waals surface area (Å²) in [6, 6.07) is 2.18. The normalized spacial score (nSPS) is 25.5. The standard InChI is InChI=1S/C13H21NOS/c1-10-6-7-16-13(10)9-14(2)8-11-4-3-5-12(11)15/h6-7,11-12,15H,3-5,8-9H2,1-2H3. The molecule has 3 heteroatoms. The zero-order valence-corrected chi connectivity index (χ0v) is 11.0. The first kappa shape index (κ1) is 12.1. The minimum absolute atomic E-state index is 0.0631. The molecule has 0 bridgehead atoms. The molecule has 2 nitrogen and oxygen atoms in total. The molecule has 2 rings (SSSR count). The molecule has 16 heavy (non-hydrogen) atoms. The molecular formula is C13H21NOS. The Morgan fingerprint density at radius 2 is 2.31 bits per heavy atom. The zero-order chi connectivity index (χ0) is 11.5. The predicted molar refractivity (Wildman–Crippen MR) is 68.7 cm³/mol. The molecule has 1 saturated carbocycles. The Balaban J connectivity index is 1.84. The van der Waals surface area contributed by atoms with E-state index >= 15 is 0 Å². The summed E-state index contributed by atoms with van der Waals surface area (Å²) in [5.74, 6) is 0.491. The lowest BCUT2D eigenvalue weighted by Gasteiger charge is -2.22. The van der Waals surface area contributed by atoms with E-state index < -0.39 is 0 Å². The fraction of sp³-hybridized carbons (Fsp3) is 0.692. The summed E-state index contributed by atoms with van der Waals surface area (Å²) in [4.78, 5) is 3.80. The molecular weight excluding hydrogens is 218 g/mol. The van der Waals surface area contributed by atoms with Gasteiger partial charge in [-0.1, -0.05) is 6.42 Å². The SMILES string of the molecule is Cc1ccsc1CN(C)CC1CCCC1O. The molecule has 1 heterocycles. The van der Waals surface area contributed by atoms with Crippen molar-refractivity contribution in [2.75, 3.05) is 13.6 Å². The monoisotopic (exact) mass is 239 g/mol. The van der Waals surface area contributed by atoms with Gasteiger partial charge in [-0.25, -0.2) is 0 Å². The van der Waals surface area contributed by atoms with Crippen molar-refractivity contribution < 1.29 is 5.11 Å². The Bertz CT molecular complexity index is 336. The van der Waals surface area contributed by atoms with Crippen LogP contribution in [0.25, 0.3) is 0 Å². The van der Waals surface area contributed by atoms with Crippen LogP contribution in [-0.4, -0.2) is 29.7 Å². The second kappa shape index (κ2) is 5.30. The van der Waals surface area contributed by atoms with Crippen LogP contribution >= 0.6 is 11.3 Å². The zero-order valence-electron chi connectivity index (χ0n) is 10.1. The van der Waals surface area contributed by atoms with Gasteiger partial charge in [-0.3, -0.25) is 0 Å². The number of nitrogens with zero attached hydrogens (tertiary/aromatic N) is 1. The molecule has 1 aromatic heterocycles. The number of aryl methyl sites for hydroxylation is 1. The summed E-state index contributed by atoms with van der Waals surface area (Å²) in [5, 5.41) is 12.0. The molecule has 0 saturated heterocycles. The molecule has 90 valence electrons. The first-order chi connectivity index (χ1) is 7.66. The first-order valence-electron chi connectivity index (χ1n) is 6.06. The lowest BCUT2D eigenvalue weighted by molar-refractivity contribution is 0.108. The molecule has 0 radical (unpaired) electrons. The molecule has 1 aliphatic carbocycles. The number of thiophene rings is 1. The number of aliphatic hydroxyl groups is 1. The summed E-state index contributed by atoms with van der Waals surface area (Å²) < 4.78 is 0. The minimum Gasteiger partial charge on any atom is -0.393 e. The molecule has 1 aliphatic rings. The van der Waals surface area contributed by atoms with Crippen molar-refractivity contribution in [3.05, 3.63) is 21.9 Å².